The fraction of sp³-hybridized carbons (Fsp3) is 0.368. The molecule has 1 heterocycles. The minimum atomic E-state index is -0.291. The molecule has 1 aliphatic heterocycles. The van der Waals surface area contributed by atoms with Crippen LogP contribution in [-0.2, 0) is 9.59 Å². The largest absolute Gasteiger partial charge is 0.354 e. The number of rotatable bonds is 5. The zero-order chi connectivity index (χ0) is 17.1. The minimum absolute atomic E-state index is 0.00756. The van der Waals surface area contributed by atoms with E-state index >= 15 is 0 Å². The first-order chi connectivity index (χ1) is 11.6. The molecule has 0 aliphatic carbocycles. The van der Waals surface area contributed by atoms with Crippen LogP contribution in [0.15, 0.2) is 42.5 Å². The quantitative estimate of drug-likeness (QED) is 0.883. The monoisotopic (exact) mass is 325 g/mol. The first kappa shape index (κ1) is 16.5. The van der Waals surface area contributed by atoms with Crippen molar-refractivity contribution in [1.29, 1.82) is 0 Å². The average Bonchev–Trinajstić information content (AvgIpc) is 3.00. The number of amides is 2. The standard InChI is InChI=1S/C19H23N3O2/c1-13(20-2)11-21-19(24)15-10-18(23)22(12-15)17-9-5-7-14-6-3-4-8-16(14)17/h3-9,13,15,20H,10-12H2,1-2H3,(H,21,24). The molecule has 2 aromatic rings. The number of benzene rings is 2. The molecule has 1 aliphatic rings. The van der Waals surface area contributed by atoms with Crippen LogP contribution in [0.5, 0.6) is 0 Å². The Bertz CT molecular complexity index is 754. The lowest BCUT2D eigenvalue weighted by atomic mass is 10.1. The van der Waals surface area contributed by atoms with Gasteiger partial charge in [-0.25, -0.2) is 0 Å². The van der Waals surface area contributed by atoms with E-state index < -0.39 is 0 Å². The topological polar surface area (TPSA) is 61.4 Å². The van der Waals surface area contributed by atoms with E-state index in [0.29, 0.717) is 13.1 Å². The SMILES string of the molecule is CNC(C)CNC(=O)C1CC(=O)N(c2cccc3ccccc23)C1. The summed E-state index contributed by atoms with van der Waals surface area (Å²) in [4.78, 5) is 26.5. The van der Waals surface area contributed by atoms with Crippen LogP contribution in [0.25, 0.3) is 10.8 Å². The maximum Gasteiger partial charge on any atom is 0.227 e. The van der Waals surface area contributed by atoms with E-state index in [1.54, 1.807) is 4.90 Å². The second-order valence-corrected chi connectivity index (χ2v) is 6.34. The molecule has 2 aromatic carbocycles. The number of hydrogen-bond acceptors (Lipinski definition) is 3. The number of fused-ring (bicyclic) bond motifs is 1. The van der Waals surface area contributed by atoms with Gasteiger partial charge in [0.15, 0.2) is 0 Å². The van der Waals surface area contributed by atoms with Gasteiger partial charge in [-0.3, -0.25) is 9.59 Å². The Kier molecular flexibility index (Phi) is 4.81. The van der Waals surface area contributed by atoms with Crippen molar-refractivity contribution in [2.45, 2.75) is 19.4 Å². The van der Waals surface area contributed by atoms with Crippen molar-refractivity contribution in [3.05, 3.63) is 42.5 Å². The molecule has 1 fully saturated rings. The van der Waals surface area contributed by atoms with Gasteiger partial charge >= 0.3 is 0 Å². The van der Waals surface area contributed by atoms with Crippen molar-refractivity contribution in [2.24, 2.45) is 5.92 Å². The number of nitrogens with zero attached hydrogens (tertiary/aromatic N) is 1. The van der Waals surface area contributed by atoms with Crippen LogP contribution in [0.3, 0.4) is 0 Å². The summed E-state index contributed by atoms with van der Waals surface area (Å²) in [6.45, 7) is 3.00. The molecule has 0 radical (unpaired) electrons. The summed E-state index contributed by atoms with van der Waals surface area (Å²) in [5, 5.41) is 8.14. The first-order valence-electron chi connectivity index (χ1n) is 8.33. The lowest BCUT2D eigenvalue weighted by Gasteiger charge is -2.19. The molecule has 0 spiro atoms. The highest BCUT2D eigenvalue weighted by Gasteiger charge is 2.35. The van der Waals surface area contributed by atoms with E-state index in [0.717, 1.165) is 16.5 Å². The fourth-order valence-electron chi connectivity index (χ4n) is 3.06. The number of nitrogens with one attached hydrogen (secondary N) is 2. The maximum atomic E-state index is 12.5. The summed E-state index contributed by atoms with van der Waals surface area (Å²) < 4.78 is 0. The normalized spacial score (nSPS) is 18.8. The average molecular weight is 325 g/mol. The number of likely N-dealkylation sites (N-methyl/N-ethyl adjacent to an activating group) is 1. The molecule has 2 N–H and O–H groups in total. The van der Waals surface area contributed by atoms with Crippen molar-refractivity contribution in [1.82, 2.24) is 10.6 Å². The van der Waals surface area contributed by atoms with E-state index in [4.69, 9.17) is 0 Å². The van der Waals surface area contributed by atoms with Gasteiger partial charge < -0.3 is 15.5 Å². The van der Waals surface area contributed by atoms with Crippen LogP contribution in [0.4, 0.5) is 5.69 Å². The van der Waals surface area contributed by atoms with E-state index in [1.165, 1.54) is 0 Å². The Hall–Kier alpha value is -2.40. The van der Waals surface area contributed by atoms with Gasteiger partial charge in [-0.05, 0) is 25.4 Å². The number of anilines is 1. The van der Waals surface area contributed by atoms with Crippen LogP contribution >= 0.6 is 0 Å². The zero-order valence-electron chi connectivity index (χ0n) is 14.1. The van der Waals surface area contributed by atoms with Gasteiger partial charge in [-0.15, -0.1) is 0 Å². The number of carbonyl (C=O) groups is 2. The highest BCUT2D eigenvalue weighted by atomic mass is 16.2. The molecule has 3 rings (SSSR count). The molecule has 24 heavy (non-hydrogen) atoms. The van der Waals surface area contributed by atoms with Crippen LogP contribution in [0.1, 0.15) is 13.3 Å². The van der Waals surface area contributed by atoms with Crippen LogP contribution in [-0.4, -0.2) is 38.0 Å². The van der Waals surface area contributed by atoms with Gasteiger partial charge in [0.25, 0.3) is 0 Å². The summed E-state index contributed by atoms with van der Waals surface area (Å²) in [5.41, 5.74) is 0.886. The van der Waals surface area contributed by atoms with Gasteiger partial charge in [-0.1, -0.05) is 36.4 Å². The van der Waals surface area contributed by atoms with Crippen molar-refractivity contribution >= 4 is 28.3 Å². The van der Waals surface area contributed by atoms with Crippen LogP contribution in [0, 0.1) is 5.92 Å². The maximum absolute atomic E-state index is 12.5. The predicted octanol–water partition coefficient (Wildman–Crippen LogP) is 1.92. The summed E-state index contributed by atoms with van der Waals surface area (Å²) in [6, 6.07) is 14.1. The lowest BCUT2D eigenvalue weighted by Crippen LogP contribution is -2.40. The Labute approximate surface area is 142 Å². The number of carbonyl (C=O) groups excluding carboxylic acids is 2. The third kappa shape index (κ3) is 3.26. The summed E-state index contributed by atoms with van der Waals surface area (Å²) in [6.07, 6.45) is 0.267. The molecule has 5 nitrogen and oxygen atoms in total. The summed E-state index contributed by atoms with van der Waals surface area (Å²) >= 11 is 0. The lowest BCUT2D eigenvalue weighted by molar-refractivity contribution is -0.126. The van der Waals surface area contributed by atoms with Crippen molar-refractivity contribution in [3.8, 4) is 0 Å². The molecular formula is C19H23N3O2. The van der Waals surface area contributed by atoms with Gasteiger partial charge in [0.1, 0.15) is 0 Å². The predicted molar refractivity (Wildman–Crippen MR) is 95.9 cm³/mol. The van der Waals surface area contributed by atoms with Crippen molar-refractivity contribution < 1.29 is 9.59 Å². The summed E-state index contributed by atoms with van der Waals surface area (Å²) in [5.74, 6) is -0.332. The van der Waals surface area contributed by atoms with Gasteiger partial charge in [-0.2, -0.15) is 0 Å². The Morgan fingerprint density at radius 3 is 2.79 bits per heavy atom. The molecular weight excluding hydrogens is 302 g/mol. The van der Waals surface area contributed by atoms with E-state index in [1.807, 2.05) is 56.4 Å². The third-order valence-corrected chi connectivity index (χ3v) is 4.63. The number of hydrogen-bond donors (Lipinski definition) is 2. The van der Waals surface area contributed by atoms with Crippen LogP contribution < -0.4 is 15.5 Å². The first-order valence-corrected chi connectivity index (χ1v) is 8.33. The second kappa shape index (κ2) is 7.01. The smallest absolute Gasteiger partial charge is 0.227 e. The van der Waals surface area contributed by atoms with Gasteiger partial charge in [0.2, 0.25) is 11.8 Å². The van der Waals surface area contributed by atoms with Crippen molar-refractivity contribution in [3.63, 3.8) is 0 Å². The molecule has 5 heteroatoms. The van der Waals surface area contributed by atoms with E-state index in [2.05, 4.69) is 10.6 Å². The molecule has 1 saturated heterocycles. The van der Waals surface area contributed by atoms with E-state index in [9.17, 15) is 9.59 Å². The fourth-order valence-corrected chi connectivity index (χ4v) is 3.06. The molecule has 0 bridgehead atoms. The molecule has 0 saturated carbocycles. The van der Waals surface area contributed by atoms with Crippen molar-refractivity contribution in [2.75, 3.05) is 25.0 Å². The Morgan fingerprint density at radius 2 is 2.00 bits per heavy atom. The zero-order valence-corrected chi connectivity index (χ0v) is 14.1. The van der Waals surface area contributed by atoms with E-state index in [-0.39, 0.29) is 30.2 Å². The second-order valence-electron chi connectivity index (χ2n) is 6.34. The summed E-state index contributed by atoms with van der Waals surface area (Å²) in [7, 11) is 1.86. The van der Waals surface area contributed by atoms with Crippen LogP contribution in [0.2, 0.25) is 0 Å². The molecule has 2 atom stereocenters. The Balaban J connectivity index is 1.76. The highest BCUT2D eigenvalue weighted by Crippen LogP contribution is 2.31. The molecule has 2 unspecified atom stereocenters. The van der Waals surface area contributed by atoms with Gasteiger partial charge in [0.05, 0.1) is 11.6 Å². The molecule has 0 aromatic heterocycles. The molecule has 2 amide bonds. The van der Waals surface area contributed by atoms with Gasteiger partial charge in [0, 0.05) is 30.9 Å². The molecule has 126 valence electrons. The minimum Gasteiger partial charge on any atom is -0.354 e. The highest BCUT2D eigenvalue weighted by molar-refractivity contribution is 6.06. The Morgan fingerprint density at radius 1 is 1.25 bits per heavy atom. The third-order valence-electron chi connectivity index (χ3n) is 4.63.